The zero-order valence-electron chi connectivity index (χ0n) is 8.51. The predicted octanol–water partition coefficient (Wildman–Crippen LogP) is -1.66. The lowest BCUT2D eigenvalue weighted by Crippen LogP contribution is -2.60. The van der Waals surface area contributed by atoms with Gasteiger partial charge in [-0.1, -0.05) is 0 Å². The van der Waals surface area contributed by atoms with Crippen molar-refractivity contribution in [2.75, 3.05) is 13.1 Å². The van der Waals surface area contributed by atoms with Crippen LogP contribution in [-0.2, 0) is 19.2 Å². The molecule has 0 saturated carbocycles. The average Bonchev–Trinajstić information content (AvgIpc) is 2.78. The van der Waals surface area contributed by atoms with Crippen molar-refractivity contribution < 1.29 is 19.2 Å². The fourth-order valence-corrected chi connectivity index (χ4v) is 2.67. The molecule has 3 aliphatic rings. The van der Waals surface area contributed by atoms with Gasteiger partial charge < -0.3 is 9.80 Å². The molecule has 0 aliphatic carbocycles. The normalized spacial score (nSPS) is 33.5. The summed E-state index contributed by atoms with van der Waals surface area (Å²) in [7, 11) is 0. The van der Waals surface area contributed by atoms with Crippen molar-refractivity contribution in [1.29, 1.82) is 0 Å². The monoisotopic (exact) mass is 222 g/mol. The number of rotatable bonds is 0. The van der Waals surface area contributed by atoms with Crippen LogP contribution in [0.3, 0.4) is 0 Å². The maximum Gasteiger partial charge on any atom is 0.246 e. The molecule has 3 aliphatic heterocycles. The second kappa shape index (κ2) is 2.90. The van der Waals surface area contributed by atoms with E-state index < -0.39 is 12.1 Å². The van der Waals surface area contributed by atoms with Crippen LogP contribution in [0, 0.1) is 0 Å². The van der Waals surface area contributed by atoms with Gasteiger partial charge in [0.25, 0.3) is 0 Å². The predicted molar refractivity (Wildman–Crippen MR) is 50.3 cm³/mol. The van der Waals surface area contributed by atoms with Gasteiger partial charge in [0.05, 0.1) is 13.1 Å². The molecule has 0 aromatic heterocycles. The van der Waals surface area contributed by atoms with Gasteiger partial charge in [-0.2, -0.15) is 0 Å². The first-order valence-electron chi connectivity index (χ1n) is 5.22. The Kier molecular flexibility index (Phi) is 1.72. The second-order valence-electron chi connectivity index (χ2n) is 4.45. The van der Waals surface area contributed by atoms with Crippen LogP contribution in [0.1, 0.15) is 12.8 Å². The van der Waals surface area contributed by atoms with Gasteiger partial charge in [0.1, 0.15) is 12.1 Å². The van der Waals surface area contributed by atoms with Crippen molar-refractivity contribution in [1.82, 2.24) is 9.80 Å². The van der Waals surface area contributed by atoms with E-state index in [2.05, 4.69) is 0 Å². The van der Waals surface area contributed by atoms with Gasteiger partial charge >= 0.3 is 0 Å². The molecule has 3 heterocycles. The van der Waals surface area contributed by atoms with Gasteiger partial charge in [0, 0.05) is 12.8 Å². The highest BCUT2D eigenvalue weighted by molar-refractivity contribution is 6.08. The number of ketones is 2. The highest BCUT2D eigenvalue weighted by Crippen LogP contribution is 2.29. The van der Waals surface area contributed by atoms with Crippen molar-refractivity contribution in [3.05, 3.63) is 0 Å². The van der Waals surface area contributed by atoms with Crippen molar-refractivity contribution >= 4 is 23.4 Å². The lowest BCUT2D eigenvalue weighted by atomic mass is 10.1. The molecule has 0 aromatic carbocycles. The second-order valence-corrected chi connectivity index (χ2v) is 4.45. The zero-order valence-corrected chi connectivity index (χ0v) is 8.51. The standard InChI is InChI=1S/C10H10N2O4/c13-5-1-7-9(15)12-4-6(14)2-8(12)10(16)11(7)3-5/h7-8H,1-4H2/t7-,8-/m0/s1. The maximum absolute atomic E-state index is 12.0. The molecule has 0 N–H and O–H groups in total. The maximum atomic E-state index is 12.0. The Balaban J connectivity index is 1.97. The van der Waals surface area contributed by atoms with Crippen molar-refractivity contribution in [2.45, 2.75) is 24.9 Å². The fourth-order valence-electron chi connectivity index (χ4n) is 2.67. The summed E-state index contributed by atoms with van der Waals surface area (Å²) in [4.78, 5) is 49.1. The molecular weight excluding hydrogens is 212 g/mol. The molecule has 6 heteroatoms. The van der Waals surface area contributed by atoms with E-state index in [1.807, 2.05) is 0 Å². The van der Waals surface area contributed by atoms with Gasteiger partial charge in [-0.25, -0.2) is 0 Å². The number of amides is 2. The van der Waals surface area contributed by atoms with Crippen molar-refractivity contribution in [2.24, 2.45) is 0 Å². The lowest BCUT2D eigenvalue weighted by molar-refractivity contribution is -0.157. The minimum Gasteiger partial charge on any atom is -0.321 e. The zero-order chi connectivity index (χ0) is 11.4. The molecule has 2 amide bonds. The third-order valence-corrected chi connectivity index (χ3v) is 3.42. The number of nitrogens with zero attached hydrogens (tertiary/aromatic N) is 2. The van der Waals surface area contributed by atoms with Crippen LogP contribution in [0.5, 0.6) is 0 Å². The highest BCUT2D eigenvalue weighted by atomic mass is 16.2. The molecule has 0 radical (unpaired) electrons. The van der Waals surface area contributed by atoms with E-state index >= 15 is 0 Å². The first kappa shape index (κ1) is 9.50. The Morgan fingerprint density at radius 2 is 1.12 bits per heavy atom. The fraction of sp³-hybridized carbons (Fsp3) is 0.600. The molecule has 2 atom stereocenters. The first-order valence-corrected chi connectivity index (χ1v) is 5.22. The molecular formula is C10H10N2O4. The van der Waals surface area contributed by atoms with Crippen LogP contribution in [0.2, 0.25) is 0 Å². The quantitative estimate of drug-likeness (QED) is 0.491. The lowest BCUT2D eigenvalue weighted by Gasteiger charge is -2.37. The summed E-state index contributed by atoms with van der Waals surface area (Å²) in [6.45, 7) is 0.0432. The number of piperazine rings is 1. The highest BCUT2D eigenvalue weighted by Gasteiger charge is 2.53. The summed E-state index contributed by atoms with van der Waals surface area (Å²) in [5, 5.41) is 0. The van der Waals surface area contributed by atoms with Gasteiger partial charge in [-0.05, 0) is 0 Å². The molecule has 0 unspecified atom stereocenters. The van der Waals surface area contributed by atoms with Gasteiger partial charge in [0.15, 0.2) is 11.6 Å². The van der Waals surface area contributed by atoms with E-state index in [0.29, 0.717) is 0 Å². The van der Waals surface area contributed by atoms with Crippen molar-refractivity contribution in [3.8, 4) is 0 Å². The third kappa shape index (κ3) is 1.07. The Morgan fingerprint density at radius 3 is 1.50 bits per heavy atom. The smallest absolute Gasteiger partial charge is 0.246 e. The van der Waals surface area contributed by atoms with E-state index in [-0.39, 0.29) is 49.3 Å². The summed E-state index contributed by atoms with van der Waals surface area (Å²) in [6.07, 6.45) is 0.198. The van der Waals surface area contributed by atoms with Crippen LogP contribution < -0.4 is 0 Å². The minimum absolute atomic E-state index is 0.0216. The molecule has 3 saturated heterocycles. The molecule has 3 rings (SSSR count). The molecule has 6 nitrogen and oxygen atoms in total. The molecule has 0 spiro atoms. The van der Waals surface area contributed by atoms with Crippen LogP contribution >= 0.6 is 0 Å². The largest absolute Gasteiger partial charge is 0.321 e. The number of hydrogen-bond donors (Lipinski definition) is 0. The van der Waals surface area contributed by atoms with Crippen molar-refractivity contribution in [3.63, 3.8) is 0 Å². The van der Waals surface area contributed by atoms with E-state index in [1.54, 1.807) is 0 Å². The van der Waals surface area contributed by atoms with Gasteiger partial charge in [0.2, 0.25) is 11.8 Å². The molecule has 16 heavy (non-hydrogen) atoms. The van der Waals surface area contributed by atoms with Gasteiger partial charge in [-0.3, -0.25) is 19.2 Å². The van der Waals surface area contributed by atoms with Gasteiger partial charge in [-0.15, -0.1) is 0 Å². The number of Topliss-reactive ketones (excluding diaryl/α,β-unsaturated/α-hetero) is 2. The molecule has 84 valence electrons. The first-order chi connectivity index (χ1) is 7.58. The van der Waals surface area contributed by atoms with Crippen LogP contribution in [-0.4, -0.2) is 58.4 Å². The van der Waals surface area contributed by atoms with Crippen LogP contribution in [0.4, 0.5) is 0 Å². The SMILES string of the molecule is O=C1C[C@H]2C(=O)N3CC(=O)C[C@H]3C(=O)N2C1. The average molecular weight is 222 g/mol. The Bertz CT molecular complexity index is 359. The van der Waals surface area contributed by atoms with Crippen LogP contribution in [0.25, 0.3) is 0 Å². The van der Waals surface area contributed by atoms with E-state index in [9.17, 15) is 19.2 Å². The van der Waals surface area contributed by atoms with Crippen LogP contribution in [0.15, 0.2) is 0 Å². The number of hydrogen-bond acceptors (Lipinski definition) is 4. The number of carbonyl (C=O) groups excluding carboxylic acids is 4. The Hall–Kier alpha value is -1.72. The third-order valence-electron chi connectivity index (χ3n) is 3.42. The van der Waals surface area contributed by atoms with E-state index in [0.717, 1.165) is 0 Å². The Labute approximate surface area is 91.2 Å². The van der Waals surface area contributed by atoms with E-state index in [4.69, 9.17) is 0 Å². The summed E-state index contributed by atoms with van der Waals surface area (Å²) in [5.74, 6) is -0.666. The summed E-state index contributed by atoms with van der Waals surface area (Å²) >= 11 is 0. The summed E-state index contributed by atoms with van der Waals surface area (Å²) in [6, 6.07) is -1.30. The summed E-state index contributed by atoms with van der Waals surface area (Å²) in [5.41, 5.74) is 0. The molecule has 3 fully saturated rings. The minimum atomic E-state index is -0.651. The number of carbonyl (C=O) groups is 4. The topological polar surface area (TPSA) is 74.8 Å². The summed E-state index contributed by atoms with van der Waals surface area (Å²) < 4.78 is 0. The molecule has 0 bridgehead atoms. The number of fused-ring (bicyclic) bond motifs is 2. The Morgan fingerprint density at radius 1 is 0.750 bits per heavy atom. The molecule has 0 aromatic rings. The van der Waals surface area contributed by atoms with E-state index in [1.165, 1.54) is 9.80 Å².